The minimum atomic E-state index is -1.18. The number of ether oxygens (including phenoxy) is 1. The van der Waals surface area contributed by atoms with Gasteiger partial charge in [0, 0.05) is 11.5 Å². The fourth-order valence-electron chi connectivity index (χ4n) is 5.09. The van der Waals surface area contributed by atoms with Gasteiger partial charge in [0.25, 0.3) is 0 Å². The summed E-state index contributed by atoms with van der Waals surface area (Å²) in [6.45, 7) is 4.11. The highest BCUT2D eigenvalue weighted by atomic mass is 16.6. The molecular weight excluding hydrogens is 408 g/mol. The summed E-state index contributed by atoms with van der Waals surface area (Å²) in [5.41, 5.74) is 4.21. The minimum Gasteiger partial charge on any atom is -0.476 e. The fraction of sp³-hybridized carbons (Fsp3) is 0.333. The predicted molar refractivity (Wildman–Crippen MR) is 116 cm³/mol. The number of carboxylic acid groups (broad SMARTS) is 1. The lowest BCUT2D eigenvalue weighted by atomic mass is 9.98. The van der Waals surface area contributed by atoms with E-state index in [1.54, 1.807) is 4.90 Å². The molecule has 2 heterocycles. The zero-order valence-electron chi connectivity index (χ0n) is 17.9. The highest BCUT2D eigenvalue weighted by molar-refractivity contribution is 5.87. The van der Waals surface area contributed by atoms with Crippen molar-refractivity contribution < 1.29 is 19.4 Å². The standard InChI is InChI=1S/C24H24N4O4/c1-24(2)12-11-19(20-21(22(29)30)26-27-25-20)28(24)23(31)32-13-18-16-9-5-3-7-14(16)15-8-4-6-10-17(15)18/h3-10,18-19H,11-13H2,1-2H3,(H,29,30)(H,25,26,27). The van der Waals surface area contributed by atoms with Gasteiger partial charge < -0.3 is 9.84 Å². The second-order valence-electron chi connectivity index (χ2n) is 8.90. The number of likely N-dealkylation sites (tertiary alicyclic amines) is 1. The molecule has 0 spiro atoms. The zero-order valence-corrected chi connectivity index (χ0v) is 17.9. The Bertz CT molecular complexity index is 1160. The van der Waals surface area contributed by atoms with Crippen molar-refractivity contribution in [2.75, 3.05) is 6.61 Å². The van der Waals surface area contributed by atoms with Crippen LogP contribution in [-0.4, -0.2) is 49.6 Å². The first kappa shape index (κ1) is 20.2. The third-order valence-corrected chi connectivity index (χ3v) is 6.62. The molecule has 32 heavy (non-hydrogen) atoms. The molecule has 1 saturated heterocycles. The molecule has 1 atom stereocenters. The first-order chi connectivity index (χ1) is 15.4. The van der Waals surface area contributed by atoms with Gasteiger partial charge in [0.2, 0.25) is 0 Å². The lowest BCUT2D eigenvalue weighted by Gasteiger charge is -2.34. The van der Waals surface area contributed by atoms with Crippen molar-refractivity contribution in [1.29, 1.82) is 0 Å². The van der Waals surface area contributed by atoms with Crippen LogP contribution in [0.2, 0.25) is 0 Å². The maximum Gasteiger partial charge on any atom is 0.410 e. The lowest BCUT2D eigenvalue weighted by molar-refractivity contribution is 0.0589. The molecule has 5 rings (SSSR count). The number of rotatable bonds is 4. The van der Waals surface area contributed by atoms with E-state index in [-0.39, 0.29) is 23.9 Å². The molecule has 1 aromatic heterocycles. The van der Waals surface area contributed by atoms with E-state index in [0.717, 1.165) is 22.3 Å². The van der Waals surface area contributed by atoms with Crippen molar-refractivity contribution in [3.8, 4) is 11.1 Å². The number of amides is 1. The summed E-state index contributed by atoms with van der Waals surface area (Å²) >= 11 is 0. The maximum absolute atomic E-state index is 13.3. The number of carbonyl (C=O) groups is 2. The van der Waals surface area contributed by atoms with Crippen molar-refractivity contribution in [3.05, 3.63) is 71.0 Å². The van der Waals surface area contributed by atoms with E-state index in [2.05, 4.69) is 39.7 Å². The summed E-state index contributed by atoms with van der Waals surface area (Å²) < 4.78 is 5.87. The molecule has 3 aromatic rings. The van der Waals surface area contributed by atoms with Crippen LogP contribution < -0.4 is 0 Å². The van der Waals surface area contributed by atoms with Gasteiger partial charge in [-0.15, -0.1) is 5.10 Å². The van der Waals surface area contributed by atoms with E-state index in [9.17, 15) is 14.7 Å². The van der Waals surface area contributed by atoms with Gasteiger partial charge in [-0.05, 0) is 48.9 Å². The molecular formula is C24H24N4O4. The Balaban J connectivity index is 1.41. The van der Waals surface area contributed by atoms with Crippen molar-refractivity contribution in [3.63, 3.8) is 0 Å². The number of hydrogen-bond donors (Lipinski definition) is 2. The van der Waals surface area contributed by atoms with E-state index in [0.29, 0.717) is 12.8 Å². The van der Waals surface area contributed by atoms with E-state index in [1.807, 2.05) is 38.1 Å². The van der Waals surface area contributed by atoms with E-state index >= 15 is 0 Å². The average molecular weight is 432 g/mol. The summed E-state index contributed by atoms with van der Waals surface area (Å²) in [6.07, 6.45) is 0.816. The molecule has 164 valence electrons. The molecule has 1 aliphatic heterocycles. The van der Waals surface area contributed by atoms with Gasteiger partial charge in [-0.3, -0.25) is 4.90 Å². The number of hydrogen-bond acceptors (Lipinski definition) is 5. The quantitative estimate of drug-likeness (QED) is 0.634. The summed E-state index contributed by atoms with van der Waals surface area (Å²) in [7, 11) is 0. The van der Waals surface area contributed by atoms with Crippen LogP contribution in [0, 0.1) is 0 Å². The van der Waals surface area contributed by atoms with Gasteiger partial charge in [0.1, 0.15) is 12.3 Å². The Morgan fingerprint density at radius 1 is 1.09 bits per heavy atom. The van der Waals surface area contributed by atoms with Gasteiger partial charge in [0.15, 0.2) is 5.69 Å². The molecule has 0 bridgehead atoms. The Labute approximate surface area is 185 Å². The Morgan fingerprint density at radius 3 is 2.34 bits per heavy atom. The molecule has 1 fully saturated rings. The highest BCUT2D eigenvalue weighted by Crippen LogP contribution is 2.46. The Kier molecular flexibility index (Phi) is 4.73. The smallest absolute Gasteiger partial charge is 0.410 e. The highest BCUT2D eigenvalue weighted by Gasteiger charge is 2.47. The van der Waals surface area contributed by atoms with Crippen LogP contribution in [-0.2, 0) is 4.74 Å². The number of nitrogens with one attached hydrogen (secondary N) is 1. The van der Waals surface area contributed by atoms with Crippen LogP contribution in [0.25, 0.3) is 11.1 Å². The molecule has 1 unspecified atom stereocenters. The number of carboxylic acids is 1. The predicted octanol–water partition coefficient (Wildman–Crippen LogP) is 4.37. The first-order valence-corrected chi connectivity index (χ1v) is 10.7. The molecule has 2 aromatic carbocycles. The van der Waals surface area contributed by atoms with Gasteiger partial charge in [0.05, 0.1) is 6.04 Å². The van der Waals surface area contributed by atoms with Crippen molar-refractivity contribution in [2.24, 2.45) is 0 Å². The summed E-state index contributed by atoms with van der Waals surface area (Å²) in [5.74, 6) is -1.22. The molecule has 8 nitrogen and oxygen atoms in total. The number of fused-ring (bicyclic) bond motifs is 3. The summed E-state index contributed by atoms with van der Waals surface area (Å²) in [4.78, 5) is 26.5. The van der Waals surface area contributed by atoms with Crippen LogP contribution in [0.15, 0.2) is 48.5 Å². The van der Waals surface area contributed by atoms with Crippen molar-refractivity contribution in [2.45, 2.75) is 44.2 Å². The van der Waals surface area contributed by atoms with Gasteiger partial charge in [-0.1, -0.05) is 48.5 Å². The Morgan fingerprint density at radius 2 is 1.72 bits per heavy atom. The van der Waals surface area contributed by atoms with E-state index in [4.69, 9.17) is 4.74 Å². The van der Waals surface area contributed by atoms with Crippen LogP contribution in [0.5, 0.6) is 0 Å². The van der Waals surface area contributed by atoms with Crippen molar-refractivity contribution >= 4 is 12.1 Å². The molecule has 8 heteroatoms. The number of carbonyl (C=O) groups excluding carboxylic acids is 1. The normalized spacial score (nSPS) is 18.9. The van der Waals surface area contributed by atoms with Crippen LogP contribution in [0.4, 0.5) is 4.79 Å². The third kappa shape index (κ3) is 3.14. The molecule has 0 radical (unpaired) electrons. The second-order valence-corrected chi connectivity index (χ2v) is 8.90. The Hall–Kier alpha value is -3.68. The molecule has 2 aliphatic rings. The first-order valence-electron chi connectivity index (χ1n) is 10.7. The van der Waals surface area contributed by atoms with E-state index < -0.39 is 23.6 Å². The number of benzene rings is 2. The fourth-order valence-corrected chi connectivity index (χ4v) is 5.09. The van der Waals surface area contributed by atoms with Gasteiger partial charge in [-0.2, -0.15) is 10.3 Å². The summed E-state index contributed by atoms with van der Waals surface area (Å²) in [6, 6.07) is 15.8. The number of aromatic carboxylic acids is 1. The largest absolute Gasteiger partial charge is 0.476 e. The maximum atomic E-state index is 13.3. The number of H-pyrrole nitrogens is 1. The second kappa shape index (κ2) is 7.47. The molecule has 2 N–H and O–H groups in total. The number of aromatic amines is 1. The monoisotopic (exact) mass is 432 g/mol. The van der Waals surface area contributed by atoms with E-state index in [1.165, 1.54) is 0 Å². The van der Waals surface area contributed by atoms with Crippen LogP contribution in [0.1, 0.15) is 66.0 Å². The molecule has 1 amide bonds. The average Bonchev–Trinajstić information content (AvgIpc) is 3.46. The minimum absolute atomic E-state index is 0.0443. The zero-order chi connectivity index (χ0) is 22.5. The van der Waals surface area contributed by atoms with Gasteiger partial charge >= 0.3 is 12.1 Å². The van der Waals surface area contributed by atoms with Crippen LogP contribution in [0.3, 0.4) is 0 Å². The third-order valence-electron chi connectivity index (χ3n) is 6.62. The summed E-state index contributed by atoms with van der Waals surface area (Å²) in [5, 5.41) is 19.6. The number of nitrogens with zero attached hydrogens (tertiary/aromatic N) is 3. The lowest BCUT2D eigenvalue weighted by Crippen LogP contribution is -2.45. The SMILES string of the molecule is CC1(C)CCC(c2n[nH]nc2C(=O)O)N1C(=O)OCC1c2ccccc2-c2ccccc21. The number of aromatic nitrogens is 3. The van der Waals surface area contributed by atoms with Gasteiger partial charge in [-0.25, -0.2) is 9.59 Å². The molecule has 0 saturated carbocycles. The van der Waals surface area contributed by atoms with Crippen LogP contribution >= 0.6 is 0 Å². The topological polar surface area (TPSA) is 108 Å². The van der Waals surface area contributed by atoms with Crippen molar-refractivity contribution in [1.82, 2.24) is 20.3 Å². The molecule has 1 aliphatic carbocycles.